The molecule has 0 amide bonds. The van der Waals surface area contributed by atoms with E-state index in [1.165, 1.54) is 11.1 Å². The van der Waals surface area contributed by atoms with E-state index in [0.717, 1.165) is 37.5 Å². The van der Waals surface area contributed by atoms with E-state index >= 15 is 0 Å². The predicted octanol–water partition coefficient (Wildman–Crippen LogP) is 4.39. The molecule has 17 heteroatoms. The molecule has 0 aromatic carbocycles. The van der Waals surface area contributed by atoms with Crippen LogP contribution in [-0.4, -0.2) is 79.1 Å². The SMILES string of the molecule is Cc1csc(CN2CC3(CC(Oc4ncccc4F)CS3)C2)n1.O=C(O)C(F)(F)F.O=C(O)C(F)(F)F. The number of aromatic nitrogens is 2. The van der Waals surface area contributed by atoms with Gasteiger partial charge in [-0.25, -0.2) is 23.9 Å². The van der Waals surface area contributed by atoms with Crippen molar-refractivity contribution < 1.29 is 55.3 Å². The van der Waals surface area contributed by atoms with Crippen molar-refractivity contribution in [1.29, 1.82) is 0 Å². The summed E-state index contributed by atoms with van der Waals surface area (Å²) in [5, 5.41) is 17.5. The summed E-state index contributed by atoms with van der Waals surface area (Å²) in [6.45, 7) is 5.08. The third-order valence-corrected chi connectivity index (χ3v) is 7.24. The first kappa shape index (κ1) is 30.6. The number of rotatable bonds is 4. The summed E-state index contributed by atoms with van der Waals surface area (Å²) >= 11 is 3.68. The number of pyridine rings is 1. The summed E-state index contributed by atoms with van der Waals surface area (Å²) in [5.74, 6) is -4.86. The Morgan fingerprint density at radius 1 is 1.16 bits per heavy atom. The Kier molecular flexibility index (Phi) is 10.1. The molecule has 4 rings (SSSR count). The molecule has 206 valence electrons. The van der Waals surface area contributed by atoms with Gasteiger partial charge in [-0.3, -0.25) is 4.90 Å². The minimum Gasteiger partial charge on any atom is -0.475 e. The molecule has 2 fully saturated rings. The Hall–Kier alpha value is -2.66. The van der Waals surface area contributed by atoms with Crippen molar-refractivity contribution in [3.63, 3.8) is 0 Å². The zero-order valence-corrected chi connectivity index (χ0v) is 20.5. The number of aliphatic carboxylic acids is 2. The smallest absolute Gasteiger partial charge is 0.475 e. The summed E-state index contributed by atoms with van der Waals surface area (Å²) in [7, 11) is 0. The van der Waals surface area contributed by atoms with Gasteiger partial charge in [-0.05, 0) is 19.1 Å². The molecule has 2 aromatic heterocycles. The average molecular weight is 580 g/mol. The average Bonchev–Trinajstić information content (AvgIpc) is 3.35. The van der Waals surface area contributed by atoms with Crippen molar-refractivity contribution in [3.8, 4) is 5.88 Å². The van der Waals surface area contributed by atoms with Crippen LogP contribution < -0.4 is 4.74 Å². The minimum atomic E-state index is -5.08. The third kappa shape index (κ3) is 9.62. The quantitative estimate of drug-likeness (QED) is 0.510. The molecule has 8 nitrogen and oxygen atoms in total. The summed E-state index contributed by atoms with van der Waals surface area (Å²) in [6.07, 6.45) is -7.59. The molecule has 2 aliphatic heterocycles. The summed E-state index contributed by atoms with van der Waals surface area (Å²) in [4.78, 5) is 28.7. The Balaban J connectivity index is 0.000000286. The number of hydrogen-bond donors (Lipinski definition) is 2. The van der Waals surface area contributed by atoms with E-state index in [1.807, 2.05) is 18.7 Å². The van der Waals surface area contributed by atoms with E-state index < -0.39 is 24.3 Å². The van der Waals surface area contributed by atoms with Gasteiger partial charge in [-0.2, -0.15) is 26.3 Å². The zero-order chi connectivity index (χ0) is 28.0. The Bertz CT molecular complexity index is 1050. The number of halogens is 7. The Morgan fingerprint density at radius 3 is 2.19 bits per heavy atom. The van der Waals surface area contributed by atoms with E-state index in [1.54, 1.807) is 23.6 Å². The first-order chi connectivity index (χ1) is 17.0. The molecule has 4 heterocycles. The number of carboxylic acids is 2. The third-order valence-electron chi connectivity index (χ3n) is 4.71. The number of alkyl halides is 6. The molecule has 1 unspecified atom stereocenters. The van der Waals surface area contributed by atoms with Crippen molar-refractivity contribution in [1.82, 2.24) is 14.9 Å². The second kappa shape index (κ2) is 12.3. The number of hydrogen-bond acceptors (Lipinski definition) is 8. The maximum Gasteiger partial charge on any atom is 0.490 e. The maximum atomic E-state index is 13.6. The standard InChI is InChI=1S/C16H18FN3OS2.2C2HF3O2/c1-11-7-22-14(19-11)6-20-9-16(10-20)5-12(8-23-16)21-15-13(17)3-2-4-18-15;2*3-2(4,5)1(6)7/h2-4,7,12H,5-6,8-10H2,1H3;2*(H,6,7). The lowest BCUT2D eigenvalue weighted by Crippen LogP contribution is -2.58. The van der Waals surface area contributed by atoms with Crippen LogP contribution in [0, 0.1) is 12.7 Å². The molecule has 2 N–H and O–H groups in total. The first-order valence-corrected chi connectivity index (χ1v) is 12.0. The number of likely N-dealkylation sites (tertiary alicyclic amines) is 1. The van der Waals surface area contributed by atoms with Crippen LogP contribution in [0.2, 0.25) is 0 Å². The van der Waals surface area contributed by atoms with Gasteiger partial charge in [0.25, 0.3) is 5.88 Å². The highest BCUT2D eigenvalue weighted by Crippen LogP contribution is 2.46. The van der Waals surface area contributed by atoms with Crippen molar-refractivity contribution >= 4 is 35.0 Å². The van der Waals surface area contributed by atoms with E-state index in [0.29, 0.717) is 0 Å². The lowest BCUT2D eigenvalue weighted by Gasteiger charge is -2.47. The van der Waals surface area contributed by atoms with Gasteiger partial charge in [0.15, 0.2) is 5.82 Å². The van der Waals surface area contributed by atoms with E-state index in [9.17, 15) is 30.7 Å². The summed E-state index contributed by atoms with van der Waals surface area (Å²) in [6, 6.07) is 2.97. The first-order valence-electron chi connectivity index (χ1n) is 10.2. The van der Waals surface area contributed by atoms with Gasteiger partial charge in [0.1, 0.15) is 11.1 Å². The van der Waals surface area contributed by atoms with Gasteiger partial charge < -0.3 is 14.9 Å². The number of thioether (sulfide) groups is 1. The number of nitrogens with zero attached hydrogens (tertiary/aromatic N) is 3. The molecule has 0 radical (unpaired) electrons. The van der Waals surface area contributed by atoms with Crippen LogP contribution in [0.15, 0.2) is 23.7 Å². The molecule has 0 saturated carbocycles. The van der Waals surface area contributed by atoms with Crippen molar-refractivity contribution in [2.24, 2.45) is 0 Å². The van der Waals surface area contributed by atoms with Crippen LogP contribution in [0.25, 0.3) is 0 Å². The highest BCUT2D eigenvalue weighted by atomic mass is 32.2. The second-order valence-electron chi connectivity index (χ2n) is 7.86. The number of aryl methyl sites for hydroxylation is 1. The van der Waals surface area contributed by atoms with Crippen molar-refractivity contribution in [3.05, 3.63) is 40.2 Å². The summed E-state index contributed by atoms with van der Waals surface area (Å²) in [5.41, 5.74) is 1.10. The fourth-order valence-electron chi connectivity index (χ4n) is 3.26. The van der Waals surface area contributed by atoms with Crippen LogP contribution in [0.5, 0.6) is 5.88 Å². The van der Waals surface area contributed by atoms with Crippen molar-refractivity contribution in [2.75, 3.05) is 18.8 Å². The molecule has 2 aliphatic rings. The van der Waals surface area contributed by atoms with Gasteiger partial charge in [-0.1, -0.05) is 0 Å². The minimum absolute atomic E-state index is 0.0497. The van der Waals surface area contributed by atoms with Crippen LogP contribution >= 0.6 is 23.1 Å². The van der Waals surface area contributed by atoms with Crippen LogP contribution in [0.3, 0.4) is 0 Å². The van der Waals surface area contributed by atoms with Gasteiger partial charge >= 0.3 is 24.3 Å². The highest BCUT2D eigenvalue weighted by Gasteiger charge is 2.50. The van der Waals surface area contributed by atoms with Gasteiger partial charge in [0.05, 0.1) is 6.54 Å². The molecule has 1 spiro atoms. The molecular formula is C20H20F7N3O5S2. The molecule has 0 aliphatic carbocycles. The Morgan fingerprint density at radius 2 is 1.73 bits per heavy atom. The fraction of sp³-hybridized carbons (Fsp3) is 0.500. The van der Waals surface area contributed by atoms with E-state index in [4.69, 9.17) is 24.5 Å². The Labute approximate surface area is 213 Å². The van der Waals surface area contributed by atoms with Crippen LogP contribution in [-0.2, 0) is 16.1 Å². The molecule has 2 aromatic rings. The van der Waals surface area contributed by atoms with E-state index in [-0.39, 0.29) is 22.5 Å². The second-order valence-corrected chi connectivity index (χ2v) is 10.3. The number of ether oxygens (including phenoxy) is 1. The number of thiazole rings is 1. The normalized spacial score (nSPS) is 18.6. The van der Waals surface area contributed by atoms with Crippen molar-refractivity contribution in [2.45, 2.75) is 43.1 Å². The number of carboxylic acid groups (broad SMARTS) is 2. The molecule has 1 atom stereocenters. The monoisotopic (exact) mass is 579 g/mol. The van der Waals surface area contributed by atoms with E-state index in [2.05, 4.69) is 20.2 Å². The van der Waals surface area contributed by atoms with Gasteiger partial charge in [0, 0.05) is 47.3 Å². The molecular weight excluding hydrogens is 559 g/mol. The molecule has 0 bridgehead atoms. The lowest BCUT2D eigenvalue weighted by molar-refractivity contribution is -0.193. The molecule has 37 heavy (non-hydrogen) atoms. The molecule has 2 saturated heterocycles. The predicted molar refractivity (Wildman–Crippen MR) is 118 cm³/mol. The lowest BCUT2D eigenvalue weighted by atomic mass is 9.93. The fourth-order valence-corrected chi connectivity index (χ4v) is 5.65. The maximum absolute atomic E-state index is 13.6. The summed E-state index contributed by atoms with van der Waals surface area (Å²) < 4.78 is 83.1. The zero-order valence-electron chi connectivity index (χ0n) is 18.8. The topological polar surface area (TPSA) is 113 Å². The largest absolute Gasteiger partial charge is 0.490 e. The number of carbonyl (C=O) groups is 2. The van der Waals surface area contributed by atoms with Crippen LogP contribution in [0.4, 0.5) is 30.7 Å². The highest BCUT2D eigenvalue weighted by molar-refractivity contribution is 8.01. The van der Waals surface area contributed by atoms with Crippen LogP contribution in [0.1, 0.15) is 17.1 Å². The van der Waals surface area contributed by atoms with Gasteiger partial charge in [0.2, 0.25) is 0 Å². The van der Waals surface area contributed by atoms with Gasteiger partial charge in [-0.15, -0.1) is 23.1 Å².